The van der Waals surface area contributed by atoms with E-state index in [1.165, 1.54) is 6.42 Å². The molecule has 37 heavy (non-hydrogen) atoms. The standard InChI is InChI=1S/C27H46N6O4/c1-26(2,3)20-37-25(35)30-24(33-14-16-36-17-15-33)29-22(18-21-8-6-5-7-9-21)23(34)31-27(19-28)10-12-32(4)13-11-27/h21-22H,5-18,20H2,1-4H3,(H,31,34)(H,29,30,35). The maximum Gasteiger partial charge on any atom is 0.413 e. The zero-order valence-electron chi connectivity index (χ0n) is 23.2. The van der Waals surface area contributed by atoms with E-state index in [0.29, 0.717) is 57.4 Å². The third-order valence-electron chi connectivity index (χ3n) is 7.44. The molecule has 2 amide bonds. The molecule has 0 aromatic heterocycles. The zero-order chi connectivity index (χ0) is 26.9. The van der Waals surface area contributed by atoms with Crippen LogP contribution in [0.4, 0.5) is 4.79 Å². The summed E-state index contributed by atoms with van der Waals surface area (Å²) in [6, 6.07) is 1.68. The van der Waals surface area contributed by atoms with E-state index in [0.717, 1.165) is 38.8 Å². The summed E-state index contributed by atoms with van der Waals surface area (Å²) in [7, 11) is 2.03. The van der Waals surface area contributed by atoms with Crippen molar-refractivity contribution in [2.75, 3.05) is 53.0 Å². The van der Waals surface area contributed by atoms with Crippen LogP contribution in [0.3, 0.4) is 0 Å². The van der Waals surface area contributed by atoms with E-state index in [2.05, 4.69) is 21.6 Å². The lowest BCUT2D eigenvalue weighted by atomic mass is 9.84. The number of amides is 2. The molecule has 1 saturated carbocycles. The molecule has 2 heterocycles. The van der Waals surface area contributed by atoms with Crippen LogP contribution in [0.2, 0.25) is 0 Å². The number of carbonyl (C=O) groups excluding carboxylic acids is 2. The van der Waals surface area contributed by atoms with Gasteiger partial charge in [-0.1, -0.05) is 52.9 Å². The molecule has 3 aliphatic rings. The topological polar surface area (TPSA) is 119 Å². The Morgan fingerprint density at radius 3 is 2.38 bits per heavy atom. The Balaban J connectivity index is 1.83. The van der Waals surface area contributed by atoms with E-state index >= 15 is 0 Å². The van der Waals surface area contributed by atoms with Gasteiger partial charge in [0.15, 0.2) is 0 Å². The van der Waals surface area contributed by atoms with Gasteiger partial charge < -0.3 is 24.6 Å². The number of piperidine rings is 1. The molecule has 208 valence electrons. The van der Waals surface area contributed by atoms with Gasteiger partial charge in [0, 0.05) is 26.2 Å². The van der Waals surface area contributed by atoms with Crippen LogP contribution in [0, 0.1) is 22.7 Å². The molecule has 3 rings (SSSR count). The summed E-state index contributed by atoms with van der Waals surface area (Å²) < 4.78 is 10.9. The summed E-state index contributed by atoms with van der Waals surface area (Å²) in [6.07, 6.45) is 6.86. The molecule has 1 unspecified atom stereocenters. The Bertz CT molecular complexity index is 829. The third-order valence-corrected chi connectivity index (χ3v) is 7.44. The van der Waals surface area contributed by atoms with Gasteiger partial charge in [0.05, 0.1) is 25.9 Å². The van der Waals surface area contributed by atoms with Crippen LogP contribution >= 0.6 is 0 Å². The second kappa shape index (κ2) is 13.4. The minimum atomic E-state index is -0.887. The molecule has 2 saturated heterocycles. The summed E-state index contributed by atoms with van der Waals surface area (Å²) in [6.45, 7) is 9.91. The highest BCUT2D eigenvalue weighted by Gasteiger charge is 2.38. The van der Waals surface area contributed by atoms with E-state index in [1.54, 1.807) is 0 Å². The van der Waals surface area contributed by atoms with Crippen molar-refractivity contribution in [2.24, 2.45) is 16.3 Å². The summed E-state index contributed by atoms with van der Waals surface area (Å²) >= 11 is 0. The minimum Gasteiger partial charge on any atom is -0.449 e. The molecule has 0 aromatic rings. The number of alkyl carbamates (subject to hydrolysis) is 1. The number of rotatable bonds is 6. The number of guanidine groups is 1. The number of nitrogens with one attached hydrogen (secondary N) is 2. The lowest BCUT2D eigenvalue weighted by Crippen LogP contribution is -2.56. The maximum absolute atomic E-state index is 13.7. The van der Waals surface area contributed by atoms with Crippen molar-refractivity contribution in [1.29, 1.82) is 5.26 Å². The van der Waals surface area contributed by atoms with Crippen molar-refractivity contribution in [1.82, 2.24) is 20.4 Å². The summed E-state index contributed by atoms with van der Waals surface area (Å²) in [5.74, 6) is 0.488. The largest absolute Gasteiger partial charge is 0.449 e. The van der Waals surface area contributed by atoms with Crippen molar-refractivity contribution >= 4 is 18.0 Å². The van der Waals surface area contributed by atoms with Gasteiger partial charge in [-0.05, 0) is 37.6 Å². The molecule has 1 atom stereocenters. The predicted molar refractivity (Wildman–Crippen MR) is 142 cm³/mol. The lowest BCUT2D eigenvalue weighted by Gasteiger charge is -2.37. The molecule has 10 heteroatoms. The van der Waals surface area contributed by atoms with Crippen LogP contribution in [0.5, 0.6) is 0 Å². The van der Waals surface area contributed by atoms with Crippen molar-refractivity contribution in [3.63, 3.8) is 0 Å². The number of hydrogen-bond donors (Lipinski definition) is 2. The van der Waals surface area contributed by atoms with E-state index < -0.39 is 17.7 Å². The van der Waals surface area contributed by atoms with Gasteiger partial charge in [-0.2, -0.15) is 5.26 Å². The molecule has 0 bridgehead atoms. The first-order valence-electron chi connectivity index (χ1n) is 13.9. The molecule has 2 aliphatic heterocycles. The molecular weight excluding hydrogens is 472 g/mol. The number of nitrogens with zero attached hydrogens (tertiary/aromatic N) is 4. The molecule has 0 spiro atoms. The van der Waals surface area contributed by atoms with E-state index in [1.807, 2.05) is 32.7 Å². The number of aliphatic imine (C=N–C) groups is 1. The quantitative estimate of drug-likeness (QED) is 0.410. The second-order valence-corrected chi connectivity index (χ2v) is 12.1. The SMILES string of the molecule is CN1CCC(C#N)(NC(=O)C(CC2CCCCC2)N=C(NC(=O)OCC(C)(C)C)N2CCOCC2)CC1. The molecule has 0 aromatic carbocycles. The van der Waals surface area contributed by atoms with E-state index in [4.69, 9.17) is 14.5 Å². The average molecular weight is 519 g/mol. The van der Waals surface area contributed by atoms with Gasteiger partial charge in [0.25, 0.3) is 0 Å². The minimum absolute atomic E-state index is 0.170. The van der Waals surface area contributed by atoms with Crippen LogP contribution < -0.4 is 10.6 Å². The summed E-state index contributed by atoms with van der Waals surface area (Å²) in [4.78, 5) is 35.4. The lowest BCUT2D eigenvalue weighted by molar-refractivity contribution is -0.124. The Morgan fingerprint density at radius 2 is 1.78 bits per heavy atom. The van der Waals surface area contributed by atoms with Crippen LogP contribution in [0.1, 0.15) is 72.1 Å². The number of morpholine rings is 1. The average Bonchev–Trinajstić information content (AvgIpc) is 2.89. The zero-order valence-corrected chi connectivity index (χ0v) is 23.2. The first-order chi connectivity index (χ1) is 17.6. The van der Waals surface area contributed by atoms with Crippen molar-refractivity contribution < 1.29 is 19.1 Å². The fourth-order valence-corrected chi connectivity index (χ4v) is 5.07. The second-order valence-electron chi connectivity index (χ2n) is 12.1. The highest BCUT2D eigenvalue weighted by Crippen LogP contribution is 2.29. The Hall–Kier alpha value is -2.38. The maximum atomic E-state index is 13.7. The molecule has 0 radical (unpaired) electrons. The first kappa shape index (κ1) is 29.2. The van der Waals surface area contributed by atoms with E-state index in [-0.39, 0.29) is 17.9 Å². The fraction of sp³-hybridized carbons (Fsp3) is 0.852. The Labute approximate surface area is 222 Å². The van der Waals surface area contributed by atoms with Gasteiger partial charge >= 0.3 is 6.09 Å². The number of ether oxygens (including phenoxy) is 2. The van der Waals surface area contributed by atoms with Crippen LogP contribution in [-0.2, 0) is 14.3 Å². The van der Waals surface area contributed by atoms with Crippen molar-refractivity contribution in [3.05, 3.63) is 0 Å². The summed E-state index contributed by atoms with van der Waals surface area (Å²) in [5.41, 5.74) is -1.06. The van der Waals surface area contributed by atoms with Crippen LogP contribution in [0.15, 0.2) is 4.99 Å². The molecule has 10 nitrogen and oxygen atoms in total. The molecule has 2 N–H and O–H groups in total. The normalized spacial score (nSPS) is 22.6. The van der Waals surface area contributed by atoms with Crippen LogP contribution in [0.25, 0.3) is 0 Å². The molecular formula is C27H46N6O4. The smallest absolute Gasteiger partial charge is 0.413 e. The van der Waals surface area contributed by atoms with Gasteiger partial charge in [-0.25, -0.2) is 9.79 Å². The Kier molecular flexibility index (Phi) is 10.6. The predicted octanol–water partition coefficient (Wildman–Crippen LogP) is 2.89. The number of hydrogen-bond acceptors (Lipinski definition) is 7. The van der Waals surface area contributed by atoms with E-state index in [9.17, 15) is 14.9 Å². The molecule has 1 aliphatic carbocycles. The van der Waals surface area contributed by atoms with Crippen LogP contribution in [-0.4, -0.2) is 92.4 Å². The molecule has 3 fully saturated rings. The number of likely N-dealkylation sites (tertiary alicyclic amines) is 1. The van der Waals surface area contributed by atoms with Gasteiger partial charge in [0.2, 0.25) is 11.9 Å². The van der Waals surface area contributed by atoms with Gasteiger partial charge in [-0.15, -0.1) is 0 Å². The summed E-state index contributed by atoms with van der Waals surface area (Å²) in [5, 5.41) is 15.9. The van der Waals surface area contributed by atoms with Gasteiger partial charge in [-0.3, -0.25) is 10.1 Å². The Morgan fingerprint density at radius 1 is 1.14 bits per heavy atom. The highest BCUT2D eigenvalue weighted by atomic mass is 16.5. The number of carbonyl (C=O) groups is 2. The van der Waals surface area contributed by atoms with Crippen molar-refractivity contribution in [3.8, 4) is 6.07 Å². The van der Waals surface area contributed by atoms with Gasteiger partial charge in [0.1, 0.15) is 11.6 Å². The first-order valence-corrected chi connectivity index (χ1v) is 13.9. The number of nitriles is 1. The van der Waals surface area contributed by atoms with Crippen molar-refractivity contribution in [2.45, 2.75) is 83.7 Å². The highest BCUT2D eigenvalue weighted by molar-refractivity contribution is 5.96. The third kappa shape index (κ3) is 9.46. The fourth-order valence-electron chi connectivity index (χ4n) is 5.07. The monoisotopic (exact) mass is 518 g/mol.